The second kappa shape index (κ2) is 8.63. The third kappa shape index (κ3) is 4.28. The molecule has 0 aromatic carbocycles. The van der Waals surface area contributed by atoms with Crippen molar-refractivity contribution >= 4 is 35.2 Å². The van der Waals surface area contributed by atoms with Crippen molar-refractivity contribution in [2.24, 2.45) is 4.99 Å². The number of pyridine rings is 1. The molecule has 2 fully saturated rings. The van der Waals surface area contributed by atoms with Gasteiger partial charge >= 0.3 is 0 Å². The third-order valence-corrected chi connectivity index (χ3v) is 6.22. The van der Waals surface area contributed by atoms with Crippen molar-refractivity contribution in [3.63, 3.8) is 0 Å². The quantitative estimate of drug-likeness (QED) is 0.722. The fourth-order valence-corrected chi connectivity index (χ4v) is 4.42. The number of amides is 1. The molecule has 0 aliphatic carbocycles. The van der Waals surface area contributed by atoms with Crippen LogP contribution < -0.4 is 9.64 Å². The number of carbonyl (C=O) groups excluding carboxylic acids is 2. The van der Waals surface area contributed by atoms with Gasteiger partial charge < -0.3 is 19.4 Å². The summed E-state index contributed by atoms with van der Waals surface area (Å²) in [5.74, 6) is 0.548. The van der Waals surface area contributed by atoms with E-state index in [4.69, 9.17) is 16.3 Å². The molecule has 4 heterocycles. The zero-order valence-corrected chi connectivity index (χ0v) is 18.0. The smallest absolute Gasteiger partial charge is 0.219 e. The number of anilines is 1. The number of hydrogen-bond acceptors (Lipinski definition) is 7. The SMILES string of the molecule is CC(=O)N1CCN(c2ccnc(O[C@@H]3CCN(C4=C(Cl)C(=O)CN=C4)C3)c2)[C@@H](C)C1. The average Bonchev–Trinajstić information content (AvgIpc) is 3.18. The molecule has 1 amide bonds. The maximum absolute atomic E-state index is 11.8. The summed E-state index contributed by atoms with van der Waals surface area (Å²) in [6, 6.07) is 4.15. The van der Waals surface area contributed by atoms with E-state index in [-0.39, 0.29) is 35.4 Å². The first-order valence-corrected chi connectivity index (χ1v) is 10.6. The summed E-state index contributed by atoms with van der Waals surface area (Å²) in [6.07, 6.45) is 4.21. The van der Waals surface area contributed by atoms with Gasteiger partial charge in [-0.1, -0.05) is 11.6 Å². The molecule has 0 saturated carbocycles. The van der Waals surface area contributed by atoms with Gasteiger partial charge in [0.15, 0.2) is 5.78 Å². The van der Waals surface area contributed by atoms with Crippen LogP contribution in [0.5, 0.6) is 5.88 Å². The monoisotopic (exact) mass is 431 g/mol. The summed E-state index contributed by atoms with van der Waals surface area (Å²) in [5, 5.41) is 0.254. The highest BCUT2D eigenvalue weighted by Crippen LogP contribution is 2.27. The highest BCUT2D eigenvalue weighted by Gasteiger charge is 2.30. The average molecular weight is 432 g/mol. The Labute approximate surface area is 181 Å². The van der Waals surface area contributed by atoms with Crippen molar-refractivity contribution < 1.29 is 14.3 Å². The van der Waals surface area contributed by atoms with Crippen LogP contribution in [0.25, 0.3) is 0 Å². The van der Waals surface area contributed by atoms with Gasteiger partial charge in [-0.25, -0.2) is 4.98 Å². The first kappa shape index (κ1) is 20.7. The molecule has 4 rings (SSSR count). The van der Waals surface area contributed by atoms with Gasteiger partial charge in [0.2, 0.25) is 11.8 Å². The Morgan fingerprint density at radius 1 is 1.27 bits per heavy atom. The van der Waals surface area contributed by atoms with Crippen LogP contribution in [0.3, 0.4) is 0 Å². The molecule has 0 unspecified atom stereocenters. The van der Waals surface area contributed by atoms with E-state index >= 15 is 0 Å². The number of piperazine rings is 1. The van der Waals surface area contributed by atoms with Crippen molar-refractivity contribution in [2.75, 3.05) is 44.2 Å². The zero-order chi connectivity index (χ0) is 21.3. The molecule has 9 heteroatoms. The molecule has 160 valence electrons. The number of aliphatic imine (C=N–C) groups is 1. The maximum atomic E-state index is 11.8. The molecule has 2 saturated heterocycles. The van der Waals surface area contributed by atoms with Crippen LogP contribution in [0, 0.1) is 0 Å². The fraction of sp³-hybridized carbons (Fsp3) is 0.524. The number of halogens is 1. The molecule has 1 aromatic rings. The van der Waals surface area contributed by atoms with Crippen LogP contribution in [0.15, 0.2) is 34.1 Å². The van der Waals surface area contributed by atoms with Crippen molar-refractivity contribution in [1.82, 2.24) is 14.8 Å². The second-order valence-electron chi connectivity index (χ2n) is 7.93. The zero-order valence-electron chi connectivity index (χ0n) is 17.3. The number of aromatic nitrogens is 1. The minimum atomic E-state index is -0.146. The molecule has 0 radical (unpaired) electrons. The predicted octanol–water partition coefficient (Wildman–Crippen LogP) is 1.70. The van der Waals surface area contributed by atoms with Crippen molar-refractivity contribution in [3.05, 3.63) is 29.1 Å². The number of dihydropyridines is 1. The van der Waals surface area contributed by atoms with Crippen LogP contribution in [0.4, 0.5) is 5.69 Å². The summed E-state index contributed by atoms with van der Waals surface area (Å²) in [4.78, 5) is 38.1. The lowest BCUT2D eigenvalue weighted by Gasteiger charge is -2.41. The van der Waals surface area contributed by atoms with E-state index in [9.17, 15) is 9.59 Å². The minimum absolute atomic E-state index is 0.0397. The number of nitrogens with zero attached hydrogens (tertiary/aromatic N) is 5. The highest BCUT2D eigenvalue weighted by molar-refractivity contribution is 6.44. The molecule has 2 atom stereocenters. The maximum Gasteiger partial charge on any atom is 0.219 e. The standard InChI is InChI=1S/C21H26ClN5O3/c1-14-12-25(15(2)28)7-8-27(14)16-3-5-24-20(9-16)30-17-4-6-26(13-17)18-10-23-11-19(29)21(18)22/h3,5,9-10,14,17H,4,6-8,11-13H2,1-2H3/t14-,17+/m0/s1. The molecule has 3 aliphatic rings. The molecule has 1 aromatic heterocycles. The van der Waals surface area contributed by atoms with Crippen LogP contribution in [-0.4, -0.2) is 84.1 Å². The lowest BCUT2D eigenvalue weighted by atomic mass is 10.1. The highest BCUT2D eigenvalue weighted by atomic mass is 35.5. The van der Waals surface area contributed by atoms with Crippen LogP contribution in [0.2, 0.25) is 0 Å². The molecule has 3 aliphatic heterocycles. The summed E-state index contributed by atoms with van der Waals surface area (Å²) >= 11 is 6.19. The lowest BCUT2D eigenvalue weighted by Crippen LogP contribution is -2.53. The molecular weight excluding hydrogens is 406 g/mol. The summed E-state index contributed by atoms with van der Waals surface area (Å²) in [6.45, 7) is 7.43. The first-order valence-electron chi connectivity index (χ1n) is 10.2. The van der Waals surface area contributed by atoms with Gasteiger partial charge in [0.25, 0.3) is 0 Å². The number of carbonyl (C=O) groups is 2. The molecule has 8 nitrogen and oxygen atoms in total. The number of rotatable bonds is 4. The van der Waals surface area contributed by atoms with E-state index in [0.29, 0.717) is 31.2 Å². The van der Waals surface area contributed by atoms with Crippen LogP contribution >= 0.6 is 11.6 Å². The Morgan fingerprint density at radius 2 is 2.10 bits per heavy atom. The van der Waals surface area contributed by atoms with Gasteiger partial charge in [-0.3, -0.25) is 14.6 Å². The Bertz CT molecular complexity index is 902. The largest absolute Gasteiger partial charge is 0.472 e. The van der Waals surface area contributed by atoms with E-state index < -0.39 is 0 Å². The number of Topliss-reactive ketones (excluding diaryl/α,β-unsaturated/α-hetero) is 1. The van der Waals surface area contributed by atoms with E-state index in [1.54, 1.807) is 19.3 Å². The number of likely N-dealkylation sites (tertiary alicyclic amines) is 1. The third-order valence-electron chi connectivity index (χ3n) is 5.81. The molecule has 0 bridgehead atoms. The lowest BCUT2D eigenvalue weighted by molar-refractivity contribution is -0.129. The van der Waals surface area contributed by atoms with Crippen LogP contribution in [0.1, 0.15) is 20.3 Å². The van der Waals surface area contributed by atoms with Gasteiger partial charge in [0, 0.05) is 69.7 Å². The van der Waals surface area contributed by atoms with E-state index in [1.165, 1.54) is 0 Å². The van der Waals surface area contributed by atoms with Crippen molar-refractivity contribution in [2.45, 2.75) is 32.4 Å². The molecular formula is C21H26ClN5O3. The van der Waals surface area contributed by atoms with E-state index in [1.807, 2.05) is 21.9 Å². The number of ketones is 1. The topological polar surface area (TPSA) is 78.3 Å². The Balaban J connectivity index is 1.40. The predicted molar refractivity (Wildman–Crippen MR) is 115 cm³/mol. The first-order chi connectivity index (χ1) is 14.4. The number of hydrogen-bond donors (Lipinski definition) is 0. The molecule has 0 spiro atoms. The van der Waals surface area contributed by atoms with Gasteiger partial charge in [0.1, 0.15) is 17.7 Å². The van der Waals surface area contributed by atoms with Crippen molar-refractivity contribution in [1.29, 1.82) is 0 Å². The van der Waals surface area contributed by atoms with Gasteiger partial charge in [-0.2, -0.15) is 0 Å². The Morgan fingerprint density at radius 3 is 2.87 bits per heavy atom. The van der Waals surface area contributed by atoms with Gasteiger partial charge in [-0.05, 0) is 13.0 Å². The number of ether oxygens (including phenoxy) is 1. The second-order valence-corrected chi connectivity index (χ2v) is 8.30. The Hall–Kier alpha value is -2.61. The van der Waals surface area contributed by atoms with Crippen molar-refractivity contribution in [3.8, 4) is 5.88 Å². The molecule has 30 heavy (non-hydrogen) atoms. The van der Waals surface area contributed by atoms with E-state index in [0.717, 1.165) is 25.2 Å². The Kier molecular flexibility index (Phi) is 5.94. The number of allylic oxidation sites excluding steroid dienone is 1. The van der Waals surface area contributed by atoms with Crippen LogP contribution in [-0.2, 0) is 9.59 Å². The van der Waals surface area contributed by atoms with E-state index in [2.05, 4.69) is 21.8 Å². The summed E-state index contributed by atoms with van der Waals surface area (Å²) < 4.78 is 6.15. The normalized spacial score (nSPS) is 24.6. The fourth-order valence-electron chi connectivity index (χ4n) is 4.19. The van der Waals surface area contributed by atoms with Gasteiger partial charge in [0.05, 0.1) is 12.2 Å². The summed E-state index contributed by atoms with van der Waals surface area (Å²) in [5.41, 5.74) is 1.72. The van der Waals surface area contributed by atoms with Gasteiger partial charge in [-0.15, -0.1) is 0 Å². The molecule has 0 N–H and O–H groups in total. The summed E-state index contributed by atoms with van der Waals surface area (Å²) in [7, 11) is 0. The minimum Gasteiger partial charge on any atom is -0.472 e.